The van der Waals surface area contributed by atoms with E-state index in [-0.39, 0.29) is 17.5 Å². The molecular formula is C23H36O3. The Morgan fingerprint density at radius 2 is 1.54 bits per heavy atom. The third-order valence-electron chi connectivity index (χ3n) is 9.44. The van der Waals surface area contributed by atoms with Crippen molar-refractivity contribution in [1.82, 2.24) is 0 Å². The van der Waals surface area contributed by atoms with Crippen LogP contribution in [0, 0.1) is 40.4 Å². The van der Waals surface area contributed by atoms with Crippen LogP contribution in [0.5, 0.6) is 0 Å². The molecule has 0 aromatic rings. The second-order valence-electron chi connectivity index (χ2n) is 10.4. The highest BCUT2D eigenvalue weighted by Gasteiger charge is 2.60. The molecule has 0 aromatic heterocycles. The topological polar surface area (TPSA) is 43.4 Å². The van der Waals surface area contributed by atoms with Gasteiger partial charge in [0.05, 0.1) is 0 Å². The van der Waals surface area contributed by atoms with Gasteiger partial charge in [-0.05, 0) is 99.2 Å². The molecule has 0 aromatic carbocycles. The van der Waals surface area contributed by atoms with E-state index < -0.39 is 0 Å². The molecule has 0 amide bonds. The summed E-state index contributed by atoms with van der Waals surface area (Å²) in [6, 6.07) is 0. The first kappa shape index (κ1) is 18.5. The van der Waals surface area contributed by atoms with Gasteiger partial charge in [-0.15, -0.1) is 0 Å². The standard InChI is InChI=1S/C23H36O3/c1-14(24)19-7-8-20-18-6-5-16-13-17(26-15(2)25)9-11-22(16,3)21(18)10-12-23(19,20)4/h16-21H,5-13H2,1-4H3/t16?,17-,18?,19?,20?,21?,22+,23-/m1/s1. The molecular weight excluding hydrogens is 324 g/mol. The highest BCUT2D eigenvalue weighted by atomic mass is 16.5. The lowest BCUT2D eigenvalue weighted by molar-refractivity contribution is -0.161. The quantitative estimate of drug-likeness (QED) is 0.638. The van der Waals surface area contributed by atoms with Gasteiger partial charge >= 0.3 is 5.97 Å². The predicted octanol–water partition coefficient (Wildman–Crippen LogP) is 5.17. The van der Waals surface area contributed by atoms with E-state index in [1.165, 1.54) is 45.4 Å². The van der Waals surface area contributed by atoms with Crippen LogP contribution in [0.4, 0.5) is 0 Å². The molecule has 3 heteroatoms. The zero-order valence-corrected chi connectivity index (χ0v) is 17.1. The van der Waals surface area contributed by atoms with Crippen LogP contribution in [0.15, 0.2) is 0 Å². The summed E-state index contributed by atoms with van der Waals surface area (Å²) >= 11 is 0. The Morgan fingerprint density at radius 1 is 0.846 bits per heavy atom. The summed E-state index contributed by atoms with van der Waals surface area (Å²) in [5.41, 5.74) is 0.667. The van der Waals surface area contributed by atoms with Crippen molar-refractivity contribution < 1.29 is 14.3 Å². The lowest BCUT2D eigenvalue weighted by Crippen LogP contribution is -2.54. The van der Waals surface area contributed by atoms with Gasteiger partial charge in [-0.2, -0.15) is 0 Å². The summed E-state index contributed by atoms with van der Waals surface area (Å²) in [6.07, 6.45) is 11.0. The van der Waals surface area contributed by atoms with Crippen molar-refractivity contribution in [3.63, 3.8) is 0 Å². The zero-order valence-electron chi connectivity index (χ0n) is 17.1. The number of fused-ring (bicyclic) bond motifs is 5. The number of carbonyl (C=O) groups is 2. The fourth-order valence-electron chi connectivity index (χ4n) is 8.23. The molecule has 4 fully saturated rings. The number of carbonyl (C=O) groups excluding carboxylic acids is 2. The van der Waals surface area contributed by atoms with Crippen LogP contribution in [0.2, 0.25) is 0 Å². The van der Waals surface area contributed by atoms with Crippen molar-refractivity contribution in [1.29, 1.82) is 0 Å². The van der Waals surface area contributed by atoms with Crippen molar-refractivity contribution in [3.05, 3.63) is 0 Å². The zero-order chi connectivity index (χ0) is 18.7. The van der Waals surface area contributed by atoms with Crippen molar-refractivity contribution in [3.8, 4) is 0 Å². The van der Waals surface area contributed by atoms with E-state index in [0.29, 0.717) is 23.0 Å². The fraction of sp³-hybridized carbons (Fsp3) is 0.913. The van der Waals surface area contributed by atoms with Gasteiger partial charge < -0.3 is 4.74 Å². The lowest BCUT2D eigenvalue weighted by atomic mass is 9.44. The predicted molar refractivity (Wildman–Crippen MR) is 101 cm³/mol. The van der Waals surface area contributed by atoms with Gasteiger partial charge in [0.15, 0.2) is 0 Å². The Balaban J connectivity index is 1.54. The number of rotatable bonds is 2. The molecule has 4 aliphatic rings. The number of ether oxygens (including phenoxy) is 1. The maximum Gasteiger partial charge on any atom is 0.302 e. The Hall–Kier alpha value is -0.860. The minimum absolute atomic E-state index is 0.123. The summed E-state index contributed by atoms with van der Waals surface area (Å²) in [4.78, 5) is 23.6. The maximum absolute atomic E-state index is 12.2. The molecule has 0 spiro atoms. The monoisotopic (exact) mass is 360 g/mol. The third-order valence-corrected chi connectivity index (χ3v) is 9.44. The molecule has 0 N–H and O–H groups in total. The number of Topliss-reactive ketones (excluding diaryl/α,β-unsaturated/α-hetero) is 1. The van der Waals surface area contributed by atoms with Gasteiger partial charge in [0.25, 0.3) is 0 Å². The summed E-state index contributed by atoms with van der Waals surface area (Å²) < 4.78 is 5.57. The summed E-state index contributed by atoms with van der Waals surface area (Å²) in [5, 5.41) is 0. The molecule has 0 heterocycles. The van der Waals surface area contributed by atoms with Gasteiger partial charge in [-0.3, -0.25) is 9.59 Å². The smallest absolute Gasteiger partial charge is 0.302 e. The van der Waals surface area contributed by atoms with E-state index in [2.05, 4.69) is 13.8 Å². The summed E-state index contributed by atoms with van der Waals surface area (Å²) in [7, 11) is 0. The van der Waals surface area contributed by atoms with Gasteiger partial charge in [0, 0.05) is 12.8 Å². The molecule has 0 saturated heterocycles. The van der Waals surface area contributed by atoms with Gasteiger partial charge in [0.2, 0.25) is 0 Å². The average Bonchev–Trinajstić information content (AvgIpc) is 2.92. The van der Waals surface area contributed by atoms with Crippen molar-refractivity contribution in [2.75, 3.05) is 0 Å². The number of esters is 1. The summed E-state index contributed by atoms with van der Waals surface area (Å²) in [5.74, 6) is 3.68. The SMILES string of the molecule is CC(=O)O[C@@H]1CC[C@@]2(C)C(CCC3C2CC[C@]2(C)C(C(C)=O)CCC32)C1. The van der Waals surface area contributed by atoms with Crippen LogP contribution >= 0.6 is 0 Å². The molecule has 0 aliphatic heterocycles. The van der Waals surface area contributed by atoms with E-state index in [4.69, 9.17) is 4.74 Å². The number of hydrogen-bond acceptors (Lipinski definition) is 3. The molecule has 4 saturated carbocycles. The Bertz CT molecular complexity index is 598. The highest BCUT2D eigenvalue weighted by molar-refractivity contribution is 5.79. The van der Waals surface area contributed by atoms with Crippen LogP contribution < -0.4 is 0 Å². The van der Waals surface area contributed by atoms with Crippen LogP contribution in [-0.4, -0.2) is 17.9 Å². The molecule has 4 rings (SSSR count). The molecule has 146 valence electrons. The van der Waals surface area contributed by atoms with Crippen molar-refractivity contribution in [2.45, 2.75) is 91.6 Å². The first-order chi connectivity index (χ1) is 12.3. The average molecular weight is 361 g/mol. The number of hydrogen-bond donors (Lipinski definition) is 0. The van der Waals surface area contributed by atoms with Gasteiger partial charge in [-0.1, -0.05) is 13.8 Å². The molecule has 3 nitrogen and oxygen atoms in total. The van der Waals surface area contributed by atoms with E-state index in [1.807, 2.05) is 6.92 Å². The van der Waals surface area contributed by atoms with Gasteiger partial charge in [0.1, 0.15) is 11.9 Å². The third kappa shape index (κ3) is 2.67. The first-order valence-corrected chi connectivity index (χ1v) is 10.9. The van der Waals surface area contributed by atoms with Crippen LogP contribution in [-0.2, 0) is 14.3 Å². The second-order valence-corrected chi connectivity index (χ2v) is 10.4. The highest BCUT2D eigenvalue weighted by Crippen LogP contribution is 2.67. The van der Waals surface area contributed by atoms with Crippen LogP contribution in [0.3, 0.4) is 0 Å². The fourth-order valence-corrected chi connectivity index (χ4v) is 8.23. The maximum atomic E-state index is 12.2. The van der Waals surface area contributed by atoms with E-state index in [9.17, 15) is 9.59 Å². The number of ketones is 1. The molecule has 26 heavy (non-hydrogen) atoms. The summed E-state index contributed by atoms with van der Waals surface area (Å²) in [6.45, 7) is 8.33. The molecule has 0 bridgehead atoms. The van der Waals surface area contributed by atoms with Crippen molar-refractivity contribution in [2.24, 2.45) is 40.4 Å². The van der Waals surface area contributed by atoms with E-state index in [0.717, 1.165) is 37.0 Å². The van der Waals surface area contributed by atoms with Gasteiger partial charge in [-0.25, -0.2) is 0 Å². The lowest BCUT2D eigenvalue weighted by Gasteiger charge is -2.61. The minimum Gasteiger partial charge on any atom is -0.463 e. The molecule has 4 aliphatic carbocycles. The normalized spacial score (nSPS) is 50.3. The second kappa shape index (κ2) is 6.34. The Kier molecular flexibility index (Phi) is 4.51. The largest absolute Gasteiger partial charge is 0.463 e. The Morgan fingerprint density at radius 3 is 2.23 bits per heavy atom. The molecule has 5 unspecified atom stereocenters. The van der Waals surface area contributed by atoms with E-state index in [1.54, 1.807) is 0 Å². The van der Waals surface area contributed by atoms with Crippen molar-refractivity contribution >= 4 is 11.8 Å². The van der Waals surface area contributed by atoms with Crippen LogP contribution in [0.1, 0.15) is 85.5 Å². The minimum atomic E-state index is -0.123. The Labute approximate surface area is 158 Å². The van der Waals surface area contributed by atoms with E-state index >= 15 is 0 Å². The molecule has 0 radical (unpaired) electrons. The first-order valence-electron chi connectivity index (χ1n) is 10.9. The molecule has 8 atom stereocenters. The van der Waals surface area contributed by atoms with Crippen LogP contribution in [0.25, 0.3) is 0 Å².